The summed E-state index contributed by atoms with van der Waals surface area (Å²) in [6, 6.07) is 14.6. The van der Waals surface area contributed by atoms with Gasteiger partial charge in [0.1, 0.15) is 0 Å². The molecule has 0 aromatic heterocycles. The van der Waals surface area contributed by atoms with Crippen LogP contribution in [0.25, 0.3) is 10.8 Å². The van der Waals surface area contributed by atoms with Crippen molar-refractivity contribution >= 4 is 22.2 Å². The number of anilines is 1. The molecule has 0 aliphatic heterocycles. The molecule has 0 saturated heterocycles. The van der Waals surface area contributed by atoms with Gasteiger partial charge in [0.2, 0.25) is 0 Å². The zero-order chi connectivity index (χ0) is 16.2. The van der Waals surface area contributed by atoms with E-state index < -0.39 is 0 Å². The van der Waals surface area contributed by atoms with Crippen molar-refractivity contribution in [1.29, 1.82) is 0 Å². The number of nitrogens with one attached hydrogen (secondary N) is 1. The SMILES string of the molecule is CC12CCC(C(=CNc3cccc4ccccc34)C1=O)C2(C)C. The van der Waals surface area contributed by atoms with E-state index in [-0.39, 0.29) is 10.8 Å². The van der Waals surface area contributed by atoms with Gasteiger partial charge in [-0.25, -0.2) is 0 Å². The normalized spacial score (nSPS) is 30.3. The third-order valence-corrected chi connectivity index (χ3v) is 6.54. The molecule has 2 heteroatoms. The standard InChI is InChI=1S/C21H23NO/c1-20(2)17-11-12-21(20,3)19(23)16(17)13-22-18-10-6-8-14-7-4-5-9-15(14)18/h4-10,13,17,22H,11-12H2,1-3H3. The third kappa shape index (κ3) is 1.84. The lowest BCUT2D eigenvalue weighted by atomic mass is 9.70. The lowest BCUT2D eigenvalue weighted by Gasteiger charge is -2.31. The summed E-state index contributed by atoms with van der Waals surface area (Å²) in [7, 11) is 0. The summed E-state index contributed by atoms with van der Waals surface area (Å²) in [6.07, 6.45) is 4.12. The quantitative estimate of drug-likeness (QED) is 0.776. The molecule has 4 rings (SSSR count). The molecule has 0 radical (unpaired) electrons. The molecule has 2 aromatic rings. The van der Waals surface area contributed by atoms with Gasteiger partial charge in [0, 0.05) is 28.3 Å². The minimum atomic E-state index is -0.191. The van der Waals surface area contributed by atoms with Crippen LogP contribution in [0.2, 0.25) is 0 Å². The Labute approximate surface area is 137 Å². The van der Waals surface area contributed by atoms with Crippen LogP contribution in [0.15, 0.2) is 54.2 Å². The van der Waals surface area contributed by atoms with Crippen LogP contribution in [0.4, 0.5) is 5.69 Å². The van der Waals surface area contributed by atoms with Crippen molar-refractivity contribution in [2.75, 3.05) is 5.32 Å². The van der Waals surface area contributed by atoms with E-state index in [1.807, 2.05) is 18.3 Å². The van der Waals surface area contributed by atoms with Gasteiger partial charge in [-0.1, -0.05) is 57.2 Å². The number of allylic oxidation sites excluding steroid dienone is 1. The van der Waals surface area contributed by atoms with E-state index in [2.05, 4.69) is 56.4 Å². The molecule has 118 valence electrons. The van der Waals surface area contributed by atoms with Gasteiger partial charge >= 0.3 is 0 Å². The van der Waals surface area contributed by atoms with Crippen LogP contribution >= 0.6 is 0 Å². The fourth-order valence-corrected chi connectivity index (χ4v) is 4.60. The third-order valence-electron chi connectivity index (χ3n) is 6.54. The maximum Gasteiger partial charge on any atom is 0.167 e. The van der Waals surface area contributed by atoms with Crippen LogP contribution < -0.4 is 5.32 Å². The number of ketones is 1. The van der Waals surface area contributed by atoms with Crippen molar-refractivity contribution in [3.8, 4) is 0 Å². The lowest BCUT2D eigenvalue weighted by molar-refractivity contribution is -0.125. The molecule has 2 aliphatic carbocycles. The van der Waals surface area contributed by atoms with E-state index in [0.717, 1.165) is 24.1 Å². The molecule has 0 heterocycles. The number of hydrogen-bond donors (Lipinski definition) is 1. The van der Waals surface area contributed by atoms with Gasteiger partial charge in [-0.2, -0.15) is 0 Å². The van der Waals surface area contributed by atoms with E-state index in [1.165, 1.54) is 10.8 Å². The molecule has 2 aliphatic rings. The minimum Gasteiger partial charge on any atom is -0.361 e. The van der Waals surface area contributed by atoms with E-state index in [1.54, 1.807) is 0 Å². The van der Waals surface area contributed by atoms with Gasteiger partial charge in [-0.3, -0.25) is 4.79 Å². The smallest absolute Gasteiger partial charge is 0.167 e. The van der Waals surface area contributed by atoms with E-state index in [9.17, 15) is 4.79 Å². The zero-order valence-electron chi connectivity index (χ0n) is 14.0. The second-order valence-corrected chi connectivity index (χ2v) is 7.74. The molecule has 2 unspecified atom stereocenters. The molecule has 0 spiro atoms. The highest BCUT2D eigenvalue weighted by Crippen LogP contribution is 2.65. The second-order valence-electron chi connectivity index (χ2n) is 7.74. The minimum absolute atomic E-state index is 0.0658. The van der Waals surface area contributed by atoms with Gasteiger partial charge < -0.3 is 5.32 Å². The number of carbonyl (C=O) groups is 1. The number of hydrogen-bond acceptors (Lipinski definition) is 2. The monoisotopic (exact) mass is 305 g/mol. The zero-order valence-corrected chi connectivity index (χ0v) is 14.0. The summed E-state index contributed by atoms with van der Waals surface area (Å²) in [5.74, 6) is 0.717. The first-order valence-electron chi connectivity index (χ1n) is 8.44. The molecule has 2 saturated carbocycles. The number of rotatable bonds is 2. The topological polar surface area (TPSA) is 29.1 Å². The van der Waals surface area contributed by atoms with Gasteiger partial charge in [-0.05, 0) is 35.6 Å². The first-order chi connectivity index (χ1) is 10.9. The molecular formula is C21H23NO. The number of benzene rings is 2. The van der Waals surface area contributed by atoms with Crippen molar-refractivity contribution in [1.82, 2.24) is 0 Å². The van der Waals surface area contributed by atoms with E-state index in [4.69, 9.17) is 0 Å². The second kappa shape index (κ2) is 4.70. The van der Waals surface area contributed by atoms with Crippen LogP contribution in [0, 0.1) is 16.7 Å². The Morgan fingerprint density at radius 1 is 1.09 bits per heavy atom. The van der Waals surface area contributed by atoms with Crippen molar-refractivity contribution < 1.29 is 4.79 Å². The largest absolute Gasteiger partial charge is 0.361 e. The van der Waals surface area contributed by atoms with E-state index >= 15 is 0 Å². The Morgan fingerprint density at radius 3 is 2.57 bits per heavy atom. The van der Waals surface area contributed by atoms with Crippen molar-refractivity contribution in [3.05, 3.63) is 54.2 Å². The van der Waals surface area contributed by atoms with Gasteiger partial charge in [0.15, 0.2) is 5.78 Å². The summed E-state index contributed by atoms with van der Waals surface area (Å²) < 4.78 is 0. The van der Waals surface area contributed by atoms with Crippen molar-refractivity contribution in [3.63, 3.8) is 0 Å². The highest BCUT2D eigenvalue weighted by molar-refractivity contribution is 6.05. The van der Waals surface area contributed by atoms with Crippen LogP contribution in [-0.2, 0) is 4.79 Å². The Bertz CT molecular complexity index is 827. The molecule has 2 fully saturated rings. The fraction of sp³-hybridized carbons (Fsp3) is 0.381. The molecule has 2 bridgehead atoms. The van der Waals surface area contributed by atoms with Gasteiger partial charge in [0.25, 0.3) is 0 Å². The highest BCUT2D eigenvalue weighted by atomic mass is 16.1. The Hall–Kier alpha value is -2.09. The Morgan fingerprint density at radius 2 is 1.83 bits per heavy atom. The summed E-state index contributed by atoms with van der Waals surface area (Å²) in [4.78, 5) is 12.9. The Balaban J connectivity index is 1.71. The van der Waals surface area contributed by atoms with Crippen LogP contribution in [0.3, 0.4) is 0 Å². The first-order valence-corrected chi connectivity index (χ1v) is 8.44. The lowest BCUT2D eigenvalue weighted by Crippen LogP contribution is -2.32. The summed E-state index contributed by atoms with van der Waals surface area (Å²) in [5, 5.41) is 5.82. The molecule has 0 amide bonds. The highest BCUT2D eigenvalue weighted by Gasteiger charge is 2.63. The molecule has 2 nitrogen and oxygen atoms in total. The maximum atomic E-state index is 12.9. The number of Topliss-reactive ketones (excluding diaryl/α,β-unsaturated/α-hetero) is 1. The molecule has 2 aromatic carbocycles. The van der Waals surface area contributed by atoms with E-state index in [0.29, 0.717) is 11.7 Å². The van der Waals surface area contributed by atoms with Crippen LogP contribution in [-0.4, -0.2) is 5.78 Å². The average molecular weight is 305 g/mol. The predicted octanol–water partition coefficient (Wildman–Crippen LogP) is 5.16. The first kappa shape index (κ1) is 14.5. The van der Waals surface area contributed by atoms with Crippen molar-refractivity contribution in [2.24, 2.45) is 16.7 Å². The summed E-state index contributed by atoms with van der Waals surface area (Å²) in [5.41, 5.74) is 1.92. The summed E-state index contributed by atoms with van der Waals surface area (Å²) >= 11 is 0. The fourth-order valence-electron chi connectivity index (χ4n) is 4.60. The number of fused-ring (bicyclic) bond motifs is 3. The average Bonchev–Trinajstić information content (AvgIpc) is 2.86. The van der Waals surface area contributed by atoms with Gasteiger partial charge in [0.05, 0.1) is 0 Å². The summed E-state index contributed by atoms with van der Waals surface area (Å²) in [6.45, 7) is 6.65. The van der Waals surface area contributed by atoms with Gasteiger partial charge in [-0.15, -0.1) is 0 Å². The Kier molecular flexibility index (Phi) is 2.96. The van der Waals surface area contributed by atoms with Crippen LogP contribution in [0.1, 0.15) is 33.6 Å². The molecule has 2 atom stereocenters. The number of carbonyl (C=O) groups excluding carboxylic acids is 1. The van der Waals surface area contributed by atoms with Crippen LogP contribution in [0.5, 0.6) is 0 Å². The maximum absolute atomic E-state index is 12.9. The van der Waals surface area contributed by atoms with Crippen molar-refractivity contribution in [2.45, 2.75) is 33.6 Å². The molecule has 23 heavy (non-hydrogen) atoms. The predicted molar refractivity (Wildman–Crippen MR) is 95.3 cm³/mol. The molecule has 1 N–H and O–H groups in total. The molecular weight excluding hydrogens is 282 g/mol.